The van der Waals surface area contributed by atoms with Crippen LogP contribution in [0.25, 0.3) is 0 Å². The quantitative estimate of drug-likeness (QED) is 0.469. The first-order valence-electron chi connectivity index (χ1n) is 9.67. The van der Waals surface area contributed by atoms with Crippen LogP contribution in [0.1, 0.15) is 5.56 Å². The largest absolute Gasteiger partial charge is 0.326 e. The maximum atomic E-state index is 13.7. The summed E-state index contributed by atoms with van der Waals surface area (Å²) in [5.41, 5.74) is 2.21. The normalized spacial score (nSPS) is 16.5. The van der Waals surface area contributed by atoms with Crippen molar-refractivity contribution < 1.29 is 9.18 Å². The van der Waals surface area contributed by atoms with E-state index in [4.69, 9.17) is 34.8 Å². The van der Waals surface area contributed by atoms with Crippen molar-refractivity contribution in [1.82, 2.24) is 5.01 Å². The predicted molar refractivity (Wildman–Crippen MR) is 124 cm³/mol. The molecule has 3 aromatic carbocycles. The van der Waals surface area contributed by atoms with Gasteiger partial charge in [-0.25, -0.2) is 9.40 Å². The molecule has 1 aliphatic rings. The Labute approximate surface area is 195 Å². The molecule has 1 aliphatic heterocycles. The molecule has 160 valence electrons. The molecule has 1 fully saturated rings. The topological polar surface area (TPSA) is 35.6 Å². The van der Waals surface area contributed by atoms with Crippen molar-refractivity contribution >= 4 is 52.1 Å². The van der Waals surface area contributed by atoms with E-state index in [2.05, 4.69) is 5.32 Å². The Morgan fingerprint density at radius 1 is 0.968 bits per heavy atom. The molecular weight excluding hydrogens is 460 g/mol. The van der Waals surface area contributed by atoms with E-state index in [1.54, 1.807) is 42.5 Å². The van der Waals surface area contributed by atoms with Gasteiger partial charge in [0.1, 0.15) is 5.82 Å². The number of benzene rings is 3. The number of carbonyl (C=O) groups is 1. The standard InChI is InChI=1S/C23H19Cl3FN3O/c24-17-4-7-20(8-5-17)28-23(31)16-13-29(12-15-2-1-3-19(27)10-15)30(14-16)22-9-6-18(25)11-21(22)26/h1-11,16H,12-14H2,(H,28,31). The minimum absolute atomic E-state index is 0.112. The molecular formula is C23H19Cl3FN3O. The van der Waals surface area contributed by atoms with Gasteiger partial charge in [0, 0.05) is 35.4 Å². The fourth-order valence-corrected chi connectivity index (χ4v) is 4.25. The van der Waals surface area contributed by atoms with E-state index >= 15 is 0 Å². The molecule has 31 heavy (non-hydrogen) atoms. The molecule has 1 unspecified atom stereocenters. The Bertz CT molecular complexity index is 1090. The Balaban J connectivity index is 1.57. The van der Waals surface area contributed by atoms with Crippen LogP contribution in [-0.4, -0.2) is 24.0 Å². The first-order valence-corrected chi connectivity index (χ1v) is 10.8. The van der Waals surface area contributed by atoms with Crippen LogP contribution in [0.5, 0.6) is 0 Å². The van der Waals surface area contributed by atoms with Gasteiger partial charge in [-0.05, 0) is 60.2 Å². The third-order valence-electron chi connectivity index (χ3n) is 5.09. The highest BCUT2D eigenvalue weighted by molar-refractivity contribution is 6.36. The number of amides is 1. The third-order valence-corrected chi connectivity index (χ3v) is 5.88. The van der Waals surface area contributed by atoms with Crippen LogP contribution in [0, 0.1) is 11.7 Å². The van der Waals surface area contributed by atoms with Crippen molar-refractivity contribution in [1.29, 1.82) is 0 Å². The average molecular weight is 479 g/mol. The van der Waals surface area contributed by atoms with E-state index in [0.29, 0.717) is 40.4 Å². The zero-order valence-electron chi connectivity index (χ0n) is 16.4. The fraction of sp³-hybridized carbons (Fsp3) is 0.174. The molecule has 1 amide bonds. The van der Waals surface area contributed by atoms with Gasteiger partial charge in [0.15, 0.2) is 0 Å². The lowest BCUT2D eigenvalue weighted by Crippen LogP contribution is -2.36. The summed E-state index contributed by atoms with van der Waals surface area (Å²) in [5.74, 6) is -0.736. The highest BCUT2D eigenvalue weighted by Gasteiger charge is 2.35. The van der Waals surface area contributed by atoms with E-state index in [0.717, 1.165) is 11.3 Å². The fourth-order valence-electron chi connectivity index (χ4n) is 3.62. The van der Waals surface area contributed by atoms with Gasteiger partial charge in [-0.1, -0.05) is 46.9 Å². The summed E-state index contributed by atoms with van der Waals surface area (Å²) < 4.78 is 13.7. The Kier molecular flexibility index (Phi) is 6.68. The van der Waals surface area contributed by atoms with Crippen LogP contribution >= 0.6 is 34.8 Å². The maximum Gasteiger partial charge on any atom is 0.230 e. The molecule has 0 spiro atoms. The molecule has 0 saturated carbocycles. The first-order chi connectivity index (χ1) is 14.9. The lowest BCUT2D eigenvalue weighted by atomic mass is 10.1. The first kappa shape index (κ1) is 21.9. The van der Waals surface area contributed by atoms with Crippen LogP contribution in [0.2, 0.25) is 15.1 Å². The SMILES string of the molecule is O=C(Nc1ccc(Cl)cc1)C1CN(Cc2cccc(F)c2)N(c2ccc(Cl)cc2Cl)C1. The molecule has 0 radical (unpaired) electrons. The van der Waals surface area contributed by atoms with E-state index in [-0.39, 0.29) is 17.6 Å². The highest BCUT2D eigenvalue weighted by atomic mass is 35.5. The minimum Gasteiger partial charge on any atom is -0.326 e. The van der Waals surface area contributed by atoms with Gasteiger partial charge in [-0.3, -0.25) is 4.79 Å². The number of anilines is 2. The average Bonchev–Trinajstić information content (AvgIpc) is 3.13. The molecule has 1 saturated heterocycles. The number of nitrogens with zero attached hydrogens (tertiary/aromatic N) is 2. The molecule has 8 heteroatoms. The van der Waals surface area contributed by atoms with Gasteiger partial charge in [0.2, 0.25) is 5.91 Å². The second-order valence-corrected chi connectivity index (χ2v) is 8.63. The van der Waals surface area contributed by atoms with E-state index < -0.39 is 0 Å². The van der Waals surface area contributed by atoms with Crippen molar-refractivity contribution in [3.05, 3.63) is 93.2 Å². The monoisotopic (exact) mass is 477 g/mol. The number of nitrogens with one attached hydrogen (secondary N) is 1. The summed E-state index contributed by atoms with van der Waals surface area (Å²) in [7, 11) is 0. The summed E-state index contributed by atoms with van der Waals surface area (Å²) in [4.78, 5) is 13.0. The van der Waals surface area contributed by atoms with E-state index in [9.17, 15) is 9.18 Å². The van der Waals surface area contributed by atoms with Crippen molar-refractivity contribution in [2.45, 2.75) is 6.54 Å². The molecule has 4 rings (SSSR count). The van der Waals surface area contributed by atoms with E-state index in [1.807, 2.05) is 22.2 Å². The molecule has 1 N–H and O–H groups in total. The molecule has 4 nitrogen and oxygen atoms in total. The van der Waals surface area contributed by atoms with Gasteiger partial charge in [-0.15, -0.1) is 0 Å². The lowest BCUT2D eigenvalue weighted by molar-refractivity contribution is -0.119. The number of hydrazine groups is 1. The molecule has 0 bridgehead atoms. The van der Waals surface area contributed by atoms with Crippen LogP contribution in [0.15, 0.2) is 66.7 Å². The van der Waals surface area contributed by atoms with Gasteiger partial charge >= 0.3 is 0 Å². The molecule has 1 atom stereocenters. The third kappa shape index (κ3) is 5.31. The van der Waals surface area contributed by atoms with Gasteiger partial charge in [0.05, 0.1) is 16.6 Å². The van der Waals surface area contributed by atoms with Crippen molar-refractivity contribution in [2.24, 2.45) is 5.92 Å². The van der Waals surface area contributed by atoms with Crippen molar-refractivity contribution in [3.63, 3.8) is 0 Å². The Hall–Kier alpha value is -2.31. The summed E-state index contributed by atoms with van der Waals surface area (Å²) in [6.45, 7) is 1.31. The molecule has 3 aromatic rings. The Morgan fingerprint density at radius 3 is 2.42 bits per heavy atom. The number of rotatable bonds is 5. The number of hydrogen-bond acceptors (Lipinski definition) is 3. The zero-order valence-corrected chi connectivity index (χ0v) is 18.6. The number of carbonyl (C=O) groups excluding carboxylic acids is 1. The van der Waals surface area contributed by atoms with Crippen molar-refractivity contribution in [3.8, 4) is 0 Å². The van der Waals surface area contributed by atoms with Crippen LogP contribution in [-0.2, 0) is 11.3 Å². The predicted octanol–water partition coefficient (Wildman–Crippen LogP) is 6.28. The van der Waals surface area contributed by atoms with Crippen LogP contribution < -0.4 is 10.3 Å². The zero-order chi connectivity index (χ0) is 22.0. The van der Waals surface area contributed by atoms with Gasteiger partial charge < -0.3 is 10.3 Å². The highest BCUT2D eigenvalue weighted by Crippen LogP contribution is 2.34. The van der Waals surface area contributed by atoms with Crippen molar-refractivity contribution in [2.75, 3.05) is 23.4 Å². The number of hydrogen-bond donors (Lipinski definition) is 1. The molecule has 1 heterocycles. The lowest BCUT2D eigenvalue weighted by Gasteiger charge is -2.30. The second-order valence-electron chi connectivity index (χ2n) is 7.35. The van der Waals surface area contributed by atoms with Crippen LogP contribution in [0.3, 0.4) is 0 Å². The smallest absolute Gasteiger partial charge is 0.230 e. The van der Waals surface area contributed by atoms with E-state index in [1.165, 1.54) is 12.1 Å². The molecule has 0 aromatic heterocycles. The summed E-state index contributed by atoms with van der Waals surface area (Å²) >= 11 is 18.4. The summed E-state index contributed by atoms with van der Waals surface area (Å²) in [6, 6.07) is 18.6. The Morgan fingerprint density at radius 2 is 1.71 bits per heavy atom. The molecule has 0 aliphatic carbocycles. The van der Waals surface area contributed by atoms with Gasteiger partial charge in [-0.2, -0.15) is 0 Å². The minimum atomic E-state index is -0.323. The summed E-state index contributed by atoms with van der Waals surface area (Å²) in [5, 5.41) is 8.50. The maximum absolute atomic E-state index is 13.7. The summed E-state index contributed by atoms with van der Waals surface area (Å²) in [6.07, 6.45) is 0. The van der Waals surface area contributed by atoms with Gasteiger partial charge in [0.25, 0.3) is 0 Å². The van der Waals surface area contributed by atoms with Crippen LogP contribution in [0.4, 0.5) is 15.8 Å². The second kappa shape index (κ2) is 9.45. The number of halogens is 4.